The summed E-state index contributed by atoms with van der Waals surface area (Å²) >= 11 is 9.05. The van der Waals surface area contributed by atoms with Crippen LogP contribution in [0.4, 0.5) is 4.39 Å². The molecule has 0 aromatic rings. The fourth-order valence-electron chi connectivity index (χ4n) is 0.191. The van der Waals surface area contributed by atoms with Gasteiger partial charge in [0.15, 0.2) is 0 Å². The van der Waals surface area contributed by atoms with Crippen LogP contribution in [0.25, 0.3) is 0 Å². The zero-order valence-electron chi connectivity index (χ0n) is 4.41. The molecule has 3 N–H and O–H groups in total. The third kappa shape index (κ3) is 3.14. The summed E-state index contributed by atoms with van der Waals surface area (Å²) in [5.74, 6) is -2.71. The summed E-state index contributed by atoms with van der Waals surface area (Å²) in [5.41, 5.74) is 0. The third-order valence-corrected chi connectivity index (χ3v) is 2.32. The molecule has 0 aliphatic rings. The normalized spacial score (nSPS) is 17.0. The Balaban J connectivity index is 4.39. The molecule has 0 amide bonds. The van der Waals surface area contributed by atoms with E-state index in [1.165, 1.54) is 0 Å². The van der Waals surface area contributed by atoms with Gasteiger partial charge in [0.2, 0.25) is 5.85 Å². The fraction of sp³-hybridized carbons (Fsp3) is 1.00. The zero-order valence-corrected chi connectivity index (χ0v) is 6.81. The maximum Gasteiger partial charge on any atom is 0.359 e. The second-order valence-electron chi connectivity index (χ2n) is 1.50. The minimum absolute atomic E-state index is 2.71. The standard InChI is InChI=1S/C2H4Cl2FO4P/c3-2(4,5)1(6)10(7,8)9/h1,6H,(H2,7,8,9). The number of aliphatic hydroxyl groups excluding tert-OH is 1. The fourth-order valence-corrected chi connectivity index (χ4v) is 1.33. The Bertz CT molecular complexity index is 161. The first-order chi connectivity index (χ1) is 4.15. The van der Waals surface area contributed by atoms with Gasteiger partial charge in [-0.25, -0.2) is 4.39 Å². The van der Waals surface area contributed by atoms with Gasteiger partial charge in [0, 0.05) is 0 Å². The molecule has 0 saturated carbocycles. The van der Waals surface area contributed by atoms with Crippen LogP contribution >= 0.6 is 30.8 Å². The van der Waals surface area contributed by atoms with E-state index in [0.717, 1.165) is 0 Å². The maximum atomic E-state index is 12.1. The third-order valence-electron chi connectivity index (χ3n) is 0.611. The lowest BCUT2D eigenvalue weighted by Crippen LogP contribution is -2.25. The van der Waals surface area contributed by atoms with Crippen molar-refractivity contribution >= 4 is 30.8 Å². The maximum absolute atomic E-state index is 12.1. The van der Waals surface area contributed by atoms with E-state index < -0.39 is 18.0 Å². The molecule has 0 bridgehead atoms. The van der Waals surface area contributed by atoms with E-state index in [0.29, 0.717) is 0 Å². The van der Waals surface area contributed by atoms with E-state index in [9.17, 15) is 8.96 Å². The summed E-state index contributed by atoms with van der Waals surface area (Å²) in [5, 5.41) is 8.32. The molecular formula is C2H4Cl2FO4P. The van der Waals surface area contributed by atoms with Gasteiger partial charge in [-0.05, 0) is 0 Å². The Labute approximate surface area is 65.7 Å². The molecule has 0 fully saturated rings. The molecule has 8 heteroatoms. The van der Waals surface area contributed by atoms with E-state index in [2.05, 4.69) is 23.2 Å². The molecule has 62 valence electrons. The van der Waals surface area contributed by atoms with Crippen LogP contribution in [0.5, 0.6) is 0 Å². The zero-order chi connectivity index (χ0) is 8.58. The first-order valence-corrected chi connectivity index (χ1v) is 4.39. The van der Waals surface area contributed by atoms with Crippen molar-refractivity contribution in [1.29, 1.82) is 0 Å². The van der Waals surface area contributed by atoms with Gasteiger partial charge >= 0.3 is 7.60 Å². The molecule has 0 aromatic heterocycles. The number of alkyl halides is 3. The molecular weight excluding hydrogens is 209 g/mol. The molecule has 0 aliphatic carbocycles. The van der Waals surface area contributed by atoms with Crippen LogP contribution in [-0.2, 0) is 4.57 Å². The monoisotopic (exact) mass is 212 g/mol. The molecule has 1 atom stereocenters. The smallest absolute Gasteiger partial charge is 0.359 e. The molecule has 0 rings (SSSR count). The van der Waals surface area contributed by atoms with Crippen LogP contribution in [0.15, 0.2) is 0 Å². The second kappa shape index (κ2) is 2.93. The Kier molecular flexibility index (Phi) is 3.11. The first kappa shape index (κ1) is 10.6. The summed E-state index contributed by atoms with van der Waals surface area (Å²) in [6, 6.07) is 0. The van der Waals surface area contributed by atoms with Crippen LogP contribution < -0.4 is 0 Å². The quantitative estimate of drug-likeness (QED) is 0.463. The molecule has 0 aliphatic heterocycles. The molecule has 4 nitrogen and oxygen atoms in total. The highest BCUT2D eigenvalue weighted by Gasteiger charge is 2.45. The highest BCUT2D eigenvalue weighted by atomic mass is 35.5. The van der Waals surface area contributed by atoms with Crippen molar-refractivity contribution in [3.05, 3.63) is 0 Å². The predicted molar refractivity (Wildman–Crippen MR) is 33.6 cm³/mol. The molecule has 1 unspecified atom stereocenters. The van der Waals surface area contributed by atoms with Gasteiger partial charge in [0.25, 0.3) is 4.59 Å². The van der Waals surface area contributed by atoms with Gasteiger partial charge in [0.05, 0.1) is 0 Å². The Morgan fingerprint density at radius 2 is 1.80 bits per heavy atom. The number of hydrogen-bond acceptors (Lipinski definition) is 2. The van der Waals surface area contributed by atoms with Crippen LogP contribution in [0.2, 0.25) is 0 Å². The Hall–Kier alpha value is 0.620. The minimum Gasteiger partial charge on any atom is -0.376 e. The van der Waals surface area contributed by atoms with Gasteiger partial charge < -0.3 is 14.9 Å². The number of aliphatic hydroxyl groups is 1. The van der Waals surface area contributed by atoms with Gasteiger partial charge in [0.1, 0.15) is 0 Å². The van der Waals surface area contributed by atoms with Crippen molar-refractivity contribution in [3.8, 4) is 0 Å². The second-order valence-corrected chi connectivity index (χ2v) is 4.47. The summed E-state index contributed by atoms with van der Waals surface area (Å²) < 4.78 is 18.8. The Morgan fingerprint density at radius 1 is 1.50 bits per heavy atom. The van der Waals surface area contributed by atoms with Crippen LogP contribution in [0, 0.1) is 0 Å². The number of halogens is 3. The molecule has 0 spiro atoms. The average molecular weight is 213 g/mol. The van der Waals surface area contributed by atoms with E-state index in [1.54, 1.807) is 0 Å². The average Bonchev–Trinajstić information content (AvgIpc) is 1.59. The van der Waals surface area contributed by atoms with Crippen molar-refractivity contribution in [2.75, 3.05) is 0 Å². The lowest BCUT2D eigenvalue weighted by Gasteiger charge is -2.17. The molecule has 0 heterocycles. The SMILES string of the molecule is O=P(O)(O)C(O)C(F)(Cl)Cl. The van der Waals surface area contributed by atoms with Gasteiger partial charge in [-0.1, -0.05) is 23.2 Å². The van der Waals surface area contributed by atoms with Gasteiger partial charge in [-0.2, -0.15) is 0 Å². The van der Waals surface area contributed by atoms with Crippen molar-refractivity contribution in [2.24, 2.45) is 0 Å². The highest BCUT2D eigenvalue weighted by molar-refractivity contribution is 7.52. The summed E-state index contributed by atoms with van der Waals surface area (Å²) in [6.45, 7) is 0. The Morgan fingerprint density at radius 3 is 1.80 bits per heavy atom. The summed E-state index contributed by atoms with van der Waals surface area (Å²) in [4.78, 5) is 16.1. The van der Waals surface area contributed by atoms with Crippen molar-refractivity contribution in [1.82, 2.24) is 0 Å². The first-order valence-electron chi connectivity index (χ1n) is 1.95. The number of hydrogen-bond donors (Lipinski definition) is 3. The molecule has 0 saturated heterocycles. The molecule has 0 aromatic carbocycles. The van der Waals surface area contributed by atoms with E-state index in [1.807, 2.05) is 0 Å². The van der Waals surface area contributed by atoms with Crippen molar-refractivity contribution in [3.63, 3.8) is 0 Å². The van der Waals surface area contributed by atoms with Crippen molar-refractivity contribution in [2.45, 2.75) is 10.4 Å². The predicted octanol–water partition coefficient (Wildman–Crippen LogP) is 0.583. The summed E-state index contributed by atoms with van der Waals surface area (Å²) in [6.07, 6.45) is 0. The summed E-state index contributed by atoms with van der Waals surface area (Å²) in [7, 11) is -4.96. The van der Waals surface area contributed by atoms with Crippen LogP contribution in [0.1, 0.15) is 0 Å². The van der Waals surface area contributed by atoms with Gasteiger partial charge in [-0.3, -0.25) is 4.57 Å². The van der Waals surface area contributed by atoms with E-state index in [-0.39, 0.29) is 0 Å². The minimum atomic E-state index is -4.96. The number of rotatable bonds is 2. The van der Waals surface area contributed by atoms with Crippen molar-refractivity contribution < 1.29 is 23.8 Å². The lowest BCUT2D eigenvalue weighted by molar-refractivity contribution is 0.133. The van der Waals surface area contributed by atoms with Crippen LogP contribution in [-0.4, -0.2) is 25.3 Å². The molecule has 10 heavy (non-hydrogen) atoms. The largest absolute Gasteiger partial charge is 0.376 e. The molecule has 0 radical (unpaired) electrons. The van der Waals surface area contributed by atoms with Gasteiger partial charge in [-0.15, -0.1) is 0 Å². The lowest BCUT2D eigenvalue weighted by atomic mass is 10.8. The highest BCUT2D eigenvalue weighted by Crippen LogP contribution is 2.49. The van der Waals surface area contributed by atoms with E-state index >= 15 is 0 Å². The van der Waals surface area contributed by atoms with E-state index in [4.69, 9.17) is 14.9 Å². The topological polar surface area (TPSA) is 77.8 Å². The van der Waals surface area contributed by atoms with Crippen LogP contribution in [0.3, 0.4) is 0 Å².